The Bertz CT molecular complexity index is 542. The zero-order valence-corrected chi connectivity index (χ0v) is 9.86. The predicted molar refractivity (Wildman–Crippen MR) is 61.5 cm³/mol. The van der Waals surface area contributed by atoms with E-state index >= 15 is 0 Å². The van der Waals surface area contributed by atoms with E-state index in [-0.39, 0.29) is 11.9 Å². The minimum absolute atomic E-state index is 0.204. The molecule has 2 N–H and O–H groups in total. The SMILES string of the molecule is CCCC(N)c1nc(-c2ccc(F)c(F)c2)no1. The number of hydrogen-bond donors (Lipinski definition) is 1. The first-order valence-corrected chi connectivity index (χ1v) is 5.66. The highest BCUT2D eigenvalue weighted by molar-refractivity contribution is 5.54. The third-order valence-electron chi connectivity index (χ3n) is 2.54. The summed E-state index contributed by atoms with van der Waals surface area (Å²) in [4.78, 5) is 4.08. The lowest BCUT2D eigenvalue weighted by Crippen LogP contribution is -2.09. The third-order valence-corrected chi connectivity index (χ3v) is 2.54. The Morgan fingerprint density at radius 2 is 2.11 bits per heavy atom. The maximum atomic E-state index is 13.1. The van der Waals surface area contributed by atoms with Gasteiger partial charge in [0.2, 0.25) is 11.7 Å². The summed E-state index contributed by atoms with van der Waals surface area (Å²) in [5.74, 6) is -1.35. The molecule has 0 saturated heterocycles. The molecule has 0 aliphatic carbocycles. The van der Waals surface area contributed by atoms with Crippen LogP contribution in [0.4, 0.5) is 8.78 Å². The van der Waals surface area contributed by atoms with Gasteiger partial charge in [0.05, 0.1) is 6.04 Å². The van der Waals surface area contributed by atoms with E-state index in [2.05, 4.69) is 10.1 Å². The molecule has 1 heterocycles. The Labute approximate surface area is 103 Å². The van der Waals surface area contributed by atoms with Crippen LogP contribution in [0.2, 0.25) is 0 Å². The highest BCUT2D eigenvalue weighted by Crippen LogP contribution is 2.21. The van der Waals surface area contributed by atoms with Crippen molar-refractivity contribution >= 4 is 0 Å². The van der Waals surface area contributed by atoms with E-state index in [1.54, 1.807) is 0 Å². The molecular weight excluding hydrogens is 240 g/mol. The zero-order valence-electron chi connectivity index (χ0n) is 9.86. The first-order valence-electron chi connectivity index (χ1n) is 5.66. The van der Waals surface area contributed by atoms with Crippen LogP contribution in [0.1, 0.15) is 31.7 Å². The van der Waals surface area contributed by atoms with Crippen LogP contribution in [-0.2, 0) is 0 Å². The van der Waals surface area contributed by atoms with Crippen LogP contribution in [-0.4, -0.2) is 10.1 Å². The Kier molecular flexibility index (Phi) is 3.66. The first-order chi connectivity index (χ1) is 8.61. The summed E-state index contributed by atoms with van der Waals surface area (Å²) in [6, 6.07) is 3.10. The molecular formula is C12H13F2N3O. The number of hydrogen-bond acceptors (Lipinski definition) is 4. The number of nitrogens with two attached hydrogens (primary N) is 1. The average molecular weight is 253 g/mol. The van der Waals surface area contributed by atoms with E-state index in [0.29, 0.717) is 11.5 Å². The predicted octanol–water partition coefficient (Wildman–Crippen LogP) is 2.81. The van der Waals surface area contributed by atoms with Crippen molar-refractivity contribution in [3.8, 4) is 11.4 Å². The summed E-state index contributed by atoms with van der Waals surface area (Å²) in [7, 11) is 0. The molecule has 0 saturated carbocycles. The van der Waals surface area contributed by atoms with Gasteiger partial charge in [-0.1, -0.05) is 18.5 Å². The van der Waals surface area contributed by atoms with Crippen LogP contribution in [0.3, 0.4) is 0 Å². The number of rotatable bonds is 4. The summed E-state index contributed by atoms with van der Waals surface area (Å²) >= 11 is 0. The molecule has 1 atom stereocenters. The minimum Gasteiger partial charge on any atom is -0.337 e. The fourth-order valence-electron chi connectivity index (χ4n) is 1.57. The van der Waals surface area contributed by atoms with Gasteiger partial charge in [-0.15, -0.1) is 0 Å². The van der Waals surface area contributed by atoms with E-state index in [1.165, 1.54) is 6.07 Å². The second-order valence-electron chi connectivity index (χ2n) is 3.98. The molecule has 0 aliphatic heterocycles. The zero-order chi connectivity index (χ0) is 13.1. The largest absolute Gasteiger partial charge is 0.337 e. The topological polar surface area (TPSA) is 64.9 Å². The van der Waals surface area contributed by atoms with E-state index in [1.807, 2.05) is 6.92 Å². The van der Waals surface area contributed by atoms with Crippen LogP contribution in [0.25, 0.3) is 11.4 Å². The summed E-state index contributed by atoms with van der Waals surface area (Å²) in [6.45, 7) is 1.99. The molecule has 1 aromatic heterocycles. The summed E-state index contributed by atoms with van der Waals surface area (Å²) in [6.07, 6.45) is 1.61. The lowest BCUT2D eigenvalue weighted by molar-refractivity contribution is 0.348. The molecule has 0 aliphatic rings. The van der Waals surface area contributed by atoms with Crippen LogP contribution in [0, 0.1) is 11.6 Å². The van der Waals surface area contributed by atoms with Crippen molar-refractivity contribution in [2.24, 2.45) is 5.73 Å². The van der Waals surface area contributed by atoms with Gasteiger partial charge in [0.1, 0.15) is 0 Å². The molecule has 1 aromatic carbocycles. The summed E-state index contributed by atoms with van der Waals surface area (Å²) < 4.78 is 30.9. The lowest BCUT2D eigenvalue weighted by Gasteiger charge is -2.02. The van der Waals surface area contributed by atoms with Crippen molar-refractivity contribution in [1.29, 1.82) is 0 Å². The standard InChI is InChI=1S/C12H13F2N3O/c1-2-3-10(15)12-16-11(17-18-12)7-4-5-8(13)9(14)6-7/h4-6,10H,2-3,15H2,1H3. The molecule has 2 rings (SSSR count). The second-order valence-corrected chi connectivity index (χ2v) is 3.98. The molecule has 4 nitrogen and oxygen atoms in total. The Morgan fingerprint density at radius 3 is 2.78 bits per heavy atom. The number of nitrogens with zero attached hydrogens (tertiary/aromatic N) is 2. The normalized spacial score (nSPS) is 12.7. The van der Waals surface area contributed by atoms with Crippen molar-refractivity contribution in [3.05, 3.63) is 35.7 Å². The fraction of sp³-hybridized carbons (Fsp3) is 0.333. The van der Waals surface area contributed by atoms with Gasteiger partial charge < -0.3 is 10.3 Å². The van der Waals surface area contributed by atoms with Crippen molar-refractivity contribution in [2.75, 3.05) is 0 Å². The maximum Gasteiger partial charge on any atom is 0.243 e. The Hall–Kier alpha value is -1.82. The highest BCUT2D eigenvalue weighted by atomic mass is 19.2. The van der Waals surface area contributed by atoms with Gasteiger partial charge >= 0.3 is 0 Å². The van der Waals surface area contributed by atoms with Crippen molar-refractivity contribution in [3.63, 3.8) is 0 Å². The Balaban J connectivity index is 2.26. The van der Waals surface area contributed by atoms with E-state index in [9.17, 15) is 8.78 Å². The molecule has 18 heavy (non-hydrogen) atoms. The minimum atomic E-state index is -0.947. The molecule has 0 radical (unpaired) electrons. The van der Waals surface area contributed by atoms with E-state index in [0.717, 1.165) is 25.0 Å². The molecule has 0 fully saturated rings. The fourth-order valence-corrected chi connectivity index (χ4v) is 1.57. The molecule has 0 spiro atoms. The van der Waals surface area contributed by atoms with E-state index in [4.69, 9.17) is 10.3 Å². The molecule has 6 heteroatoms. The van der Waals surface area contributed by atoms with Gasteiger partial charge in [0.15, 0.2) is 11.6 Å². The Morgan fingerprint density at radius 1 is 1.33 bits per heavy atom. The van der Waals surface area contributed by atoms with Crippen molar-refractivity contribution in [1.82, 2.24) is 10.1 Å². The average Bonchev–Trinajstić information content (AvgIpc) is 2.82. The molecule has 2 aromatic rings. The van der Waals surface area contributed by atoms with Crippen LogP contribution in [0.5, 0.6) is 0 Å². The first kappa shape index (κ1) is 12.6. The quantitative estimate of drug-likeness (QED) is 0.909. The van der Waals surface area contributed by atoms with Gasteiger partial charge in [-0.3, -0.25) is 0 Å². The van der Waals surface area contributed by atoms with Crippen molar-refractivity contribution in [2.45, 2.75) is 25.8 Å². The number of aromatic nitrogens is 2. The summed E-state index contributed by atoms with van der Waals surface area (Å²) in [5.41, 5.74) is 6.17. The smallest absolute Gasteiger partial charge is 0.243 e. The molecule has 1 unspecified atom stereocenters. The van der Waals surface area contributed by atoms with Crippen LogP contribution < -0.4 is 5.73 Å². The van der Waals surface area contributed by atoms with E-state index < -0.39 is 11.6 Å². The van der Waals surface area contributed by atoms with Gasteiger partial charge in [0, 0.05) is 5.56 Å². The lowest BCUT2D eigenvalue weighted by atomic mass is 10.2. The molecule has 96 valence electrons. The summed E-state index contributed by atoms with van der Waals surface area (Å²) in [5, 5.41) is 3.71. The van der Waals surface area contributed by atoms with Gasteiger partial charge in [-0.25, -0.2) is 8.78 Å². The number of benzene rings is 1. The third kappa shape index (κ3) is 2.53. The monoisotopic (exact) mass is 253 g/mol. The highest BCUT2D eigenvalue weighted by Gasteiger charge is 2.15. The van der Waals surface area contributed by atoms with Gasteiger partial charge in [-0.2, -0.15) is 4.98 Å². The number of halogens is 2. The molecule has 0 amide bonds. The van der Waals surface area contributed by atoms with Crippen LogP contribution in [0.15, 0.2) is 22.7 Å². The van der Waals surface area contributed by atoms with Crippen molar-refractivity contribution < 1.29 is 13.3 Å². The van der Waals surface area contributed by atoms with Gasteiger partial charge in [-0.05, 0) is 24.6 Å². The van der Waals surface area contributed by atoms with Crippen LogP contribution >= 0.6 is 0 Å². The maximum absolute atomic E-state index is 13.1. The molecule has 0 bridgehead atoms. The second kappa shape index (κ2) is 5.22. The van der Waals surface area contributed by atoms with Gasteiger partial charge in [0.25, 0.3) is 0 Å².